The molecule has 0 aliphatic carbocycles. The Bertz CT molecular complexity index is 467. The van der Waals surface area contributed by atoms with E-state index in [2.05, 4.69) is 0 Å². The van der Waals surface area contributed by atoms with Gasteiger partial charge in [0.2, 0.25) is 0 Å². The highest BCUT2D eigenvalue weighted by molar-refractivity contribution is 7.90. The van der Waals surface area contributed by atoms with Crippen molar-refractivity contribution < 1.29 is 17.9 Å². The number of aliphatic hydroxyl groups excluding tert-OH is 1. The molecule has 1 aromatic rings. The molecule has 0 aliphatic heterocycles. The van der Waals surface area contributed by atoms with E-state index in [4.69, 9.17) is 11.6 Å². The molecule has 0 saturated carbocycles. The third-order valence-electron chi connectivity index (χ3n) is 2.33. The number of hydrogen-bond acceptors (Lipinski definition) is 3. The summed E-state index contributed by atoms with van der Waals surface area (Å²) in [6.45, 7) is 0. The molecule has 0 bridgehead atoms. The predicted octanol–water partition coefficient (Wildman–Crippen LogP) is 2.34. The first-order valence-electron chi connectivity index (χ1n) is 5.11. The normalized spacial score (nSPS) is 13.6. The fraction of sp³-hybridized carbons (Fsp3) is 0.455. The lowest BCUT2D eigenvalue weighted by molar-refractivity contribution is 0.162. The lowest BCUT2D eigenvalue weighted by atomic mass is 10.0. The van der Waals surface area contributed by atoms with Gasteiger partial charge in [-0.1, -0.05) is 17.7 Å². The minimum atomic E-state index is -3.06. The number of benzene rings is 1. The first-order valence-corrected chi connectivity index (χ1v) is 7.55. The van der Waals surface area contributed by atoms with Crippen LogP contribution in [0.1, 0.15) is 24.5 Å². The number of aliphatic hydroxyl groups is 1. The van der Waals surface area contributed by atoms with Crippen LogP contribution >= 0.6 is 11.6 Å². The van der Waals surface area contributed by atoms with Crippen LogP contribution in [-0.4, -0.2) is 25.5 Å². The van der Waals surface area contributed by atoms with Crippen LogP contribution in [0.3, 0.4) is 0 Å². The van der Waals surface area contributed by atoms with Gasteiger partial charge in [-0.25, -0.2) is 12.8 Å². The van der Waals surface area contributed by atoms with E-state index >= 15 is 0 Å². The van der Waals surface area contributed by atoms with E-state index in [-0.39, 0.29) is 29.2 Å². The smallest absolute Gasteiger partial charge is 0.147 e. The zero-order valence-corrected chi connectivity index (χ0v) is 10.9. The highest BCUT2D eigenvalue weighted by Gasteiger charge is 2.16. The minimum absolute atomic E-state index is 0.0302. The van der Waals surface area contributed by atoms with Gasteiger partial charge in [0.1, 0.15) is 15.7 Å². The summed E-state index contributed by atoms with van der Waals surface area (Å²) >= 11 is 5.77. The van der Waals surface area contributed by atoms with Crippen LogP contribution in [-0.2, 0) is 9.84 Å². The molecule has 0 heterocycles. The summed E-state index contributed by atoms with van der Waals surface area (Å²) in [5.41, 5.74) is 0.0302. The Morgan fingerprint density at radius 1 is 1.47 bits per heavy atom. The molecule has 3 nitrogen and oxygen atoms in total. The maximum atomic E-state index is 13.4. The molecule has 0 amide bonds. The Kier molecular flexibility index (Phi) is 4.91. The molecule has 17 heavy (non-hydrogen) atoms. The third kappa shape index (κ3) is 4.61. The van der Waals surface area contributed by atoms with E-state index in [1.54, 1.807) is 0 Å². The van der Waals surface area contributed by atoms with Gasteiger partial charge < -0.3 is 5.11 Å². The first-order chi connectivity index (χ1) is 7.81. The molecule has 0 radical (unpaired) electrons. The minimum Gasteiger partial charge on any atom is -0.388 e. The second kappa shape index (κ2) is 5.80. The summed E-state index contributed by atoms with van der Waals surface area (Å²) in [4.78, 5) is 0. The van der Waals surface area contributed by atoms with Gasteiger partial charge in [-0.05, 0) is 25.0 Å². The van der Waals surface area contributed by atoms with Crippen molar-refractivity contribution in [3.63, 3.8) is 0 Å². The lowest BCUT2D eigenvalue weighted by Crippen LogP contribution is -2.07. The SMILES string of the molecule is CS(=O)(=O)CCCC(O)c1c(F)cccc1Cl. The maximum Gasteiger partial charge on any atom is 0.147 e. The fourth-order valence-corrected chi connectivity index (χ4v) is 2.49. The molecule has 6 heteroatoms. The summed E-state index contributed by atoms with van der Waals surface area (Å²) < 4.78 is 35.2. The van der Waals surface area contributed by atoms with E-state index in [9.17, 15) is 17.9 Å². The molecule has 0 aromatic heterocycles. The molecule has 0 fully saturated rings. The van der Waals surface area contributed by atoms with Gasteiger partial charge in [-0.15, -0.1) is 0 Å². The van der Waals surface area contributed by atoms with Gasteiger partial charge >= 0.3 is 0 Å². The average Bonchev–Trinajstić information content (AvgIpc) is 2.15. The number of halogens is 2. The second-order valence-electron chi connectivity index (χ2n) is 3.92. The Hall–Kier alpha value is -0.650. The van der Waals surface area contributed by atoms with E-state index in [1.807, 2.05) is 0 Å². The van der Waals surface area contributed by atoms with Crippen LogP contribution in [0.2, 0.25) is 5.02 Å². The topological polar surface area (TPSA) is 54.4 Å². The summed E-state index contributed by atoms with van der Waals surface area (Å²) in [6, 6.07) is 4.14. The zero-order valence-electron chi connectivity index (χ0n) is 9.36. The van der Waals surface area contributed by atoms with Crippen molar-refractivity contribution in [3.8, 4) is 0 Å². The zero-order chi connectivity index (χ0) is 13.1. The lowest BCUT2D eigenvalue weighted by Gasteiger charge is -2.13. The van der Waals surface area contributed by atoms with Crippen molar-refractivity contribution >= 4 is 21.4 Å². The van der Waals surface area contributed by atoms with Crippen LogP contribution in [0, 0.1) is 5.82 Å². The monoisotopic (exact) mass is 280 g/mol. The van der Waals surface area contributed by atoms with E-state index in [0.717, 1.165) is 6.26 Å². The molecule has 1 N–H and O–H groups in total. The molecule has 1 aromatic carbocycles. The van der Waals surface area contributed by atoms with Crippen molar-refractivity contribution in [2.24, 2.45) is 0 Å². The summed E-state index contributed by atoms with van der Waals surface area (Å²) in [5.74, 6) is -0.611. The van der Waals surface area contributed by atoms with E-state index in [0.29, 0.717) is 0 Å². The molecule has 1 atom stereocenters. The maximum absolute atomic E-state index is 13.4. The average molecular weight is 281 g/mol. The van der Waals surface area contributed by atoms with Gasteiger partial charge in [-0.3, -0.25) is 0 Å². The summed E-state index contributed by atoms with van der Waals surface area (Å²) in [5, 5.41) is 9.91. The van der Waals surface area contributed by atoms with Crippen molar-refractivity contribution in [1.82, 2.24) is 0 Å². The molecular weight excluding hydrogens is 267 g/mol. The van der Waals surface area contributed by atoms with Gasteiger partial charge in [0.25, 0.3) is 0 Å². The molecule has 0 aliphatic rings. The van der Waals surface area contributed by atoms with E-state index < -0.39 is 21.8 Å². The van der Waals surface area contributed by atoms with Gasteiger partial charge in [0.15, 0.2) is 0 Å². The highest BCUT2D eigenvalue weighted by atomic mass is 35.5. The predicted molar refractivity (Wildman–Crippen MR) is 65.3 cm³/mol. The van der Waals surface area contributed by atoms with Crippen LogP contribution in [0.15, 0.2) is 18.2 Å². The van der Waals surface area contributed by atoms with Crippen molar-refractivity contribution in [1.29, 1.82) is 0 Å². The summed E-state index contributed by atoms with van der Waals surface area (Å²) in [6.07, 6.45) is 0.471. The molecular formula is C11H14ClFO3S. The van der Waals surface area contributed by atoms with E-state index in [1.165, 1.54) is 18.2 Å². The Labute approximate surface area is 105 Å². The molecule has 0 spiro atoms. The first kappa shape index (κ1) is 14.4. The fourth-order valence-electron chi connectivity index (χ4n) is 1.51. The molecule has 96 valence electrons. The summed E-state index contributed by atoms with van der Waals surface area (Å²) in [7, 11) is -3.06. The number of rotatable bonds is 5. The third-order valence-corrected chi connectivity index (χ3v) is 3.69. The second-order valence-corrected chi connectivity index (χ2v) is 6.59. The van der Waals surface area contributed by atoms with Crippen molar-refractivity contribution in [2.75, 3.05) is 12.0 Å². The quantitative estimate of drug-likeness (QED) is 0.901. The van der Waals surface area contributed by atoms with Crippen LogP contribution in [0.4, 0.5) is 4.39 Å². The Balaban J connectivity index is 2.67. The van der Waals surface area contributed by atoms with Crippen molar-refractivity contribution in [2.45, 2.75) is 18.9 Å². The standard InChI is InChI=1S/C11H14ClFO3S/c1-17(15,16)7-3-6-10(14)11-8(12)4-2-5-9(11)13/h2,4-5,10,14H,3,6-7H2,1H3. The van der Waals surface area contributed by atoms with Crippen LogP contribution in [0.5, 0.6) is 0 Å². The highest BCUT2D eigenvalue weighted by Crippen LogP contribution is 2.28. The number of sulfone groups is 1. The molecule has 0 saturated heterocycles. The van der Waals surface area contributed by atoms with Gasteiger partial charge in [0, 0.05) is 22.6 Å². The van der Waals surface area contributed by atoms with Crippen molar-refractivity contribution in [3.05, 3.63) is 34.6 Å². The Morgan fingerprint density at radius 2 is 2.12 bits per heavy atom. The Morgan fingerprint density at radius 3 is 2.65 bits per heavy atom. The largest absolute Gasteiger partial charge is 0.388 e. The number of hydrogen-bond donors (Lipinski definition) is 1. The van der Waals surface area contributed by atoms with Crippen LogP contribution in [0.25, 0.3) is 0 Å². The molecule has 1 unspecified atom stereocenters. The van der Waals surface area contributed by atoms with Gasteiger partial charge in [0.05, 0.1) is 6.10 Å². The van der Waals surface area contributed by atoms with Crippen LogP contribution < -0.4 is 0 Å². The molecule has 1 rings (SSSR count). The van der Waals surface area contributed by atoms with Gasteiger partial charge in [-0.2, -0.15) is 0 Å².